The lowest BCUT2D eigenvalue weighted by atomic mass is 9.99. The van der Waals surface area contributed by atoms with E-state index < -0.39 is 66.5 Å². The Morgan fingerprint density at radius 2 is 1.34 bits per heavy atom. The highest BCUT2D eigenvalue weighted by Crippen LogP contribution is 2.24. The van der Waals surface area contributed by atoms with Crippen molar-refractivity contribution >= 4 is 41.4 Å². The Balaban J connectivity index is 1.17. The van der Waals surface area contributed by atoms with Crippen LogP contribution in [0.25, 0.3) is 0 Å². The summed E-state index contributed by atoms with van der Waals surface area (Å²) < 4.78 is 30.0. The number of esters is 1. The van der Waals surface area contributed by atoms with Gasteiger partial charge in [0.2, 0.25) is 6.29 Å². The first-order valence-corrected chi connectivity index (χ1v) is 14.4. The van der Waals surface area contributed by atoms with Gasteiger partial charge in [-0.3, -0.25) is 20.7 Å². The summed E-state index contributed by atoms with van der Waals surface area (Å²) in [5, 5.41) is 45.8. The van der Waals surface area contributed by atoms with Crippen molar-refractivity contribution < 1.29 is 67.8 Å². The predicted octanol–water partition coefficient (Wildman–Crippen LogP) is 2.59. The molecular weight excluding hydrogens is 666 g/mol. The fraction of sp³-hybridized carbons (Fsp3) is 0.250. The smallest absolute Gasteiger partial charge is 0.451 e. The van der Waals surface area contributed by atoms with Crippen molar-refractivity contribution in [1.82, 2.24) is 0 Å². The highest BCUT2D eigenvalue weighted by atomic mass is 16.7. The molecule has 0 radical (unpaired) electrons. The first-order chi connectivity index (χ1) is 23.9. The van der Waals surface area contributed by atoms with Crippen molar-refractivity contribution in [3.05, 3.63) is 94.0 Å². The molecule has 18 nitrogen and oxygen atoms in total. The van der Waals surface area contributed by atoms with Crippen LogP contribution in [0.5, 0.6) is 5.75 Å². The molecule has 262 valence electrons. The number of nitrogens with one attached hydrogen (secondary N) is 2. The molecule has 5 N–H and O–H groups in total. The van der Waals surface area contributed by atoms with Crippen molar-refractivity contribution in [1.29, 1.82) is 0 Å². The lowest BCUT2D eigenvalue weighted by Crippen LogP contribution is -2.61. The van der Waals surface area contributed by atoms with Crippen LogP contribution in [0.2, 0.25) is 0 Å². The monoisotopic (exact) mass is 695 g/mol. The quantitative estimate of drug-likeness (QED) is 0.0483. The average molecular weight is 696 g/mol. The number of anilines is 2. The normalized spacial score (nSPS) is 19.5. The van der Waals surface area contributed by atoms with Crippen molar-refractivity contribution in [3.63, 3.8) is 0 Å². The minimum Gasteiger partial charge on any atom is -0.451 e. The zero-order chi connectivity index (χ0) is 36.2. The molecule has 1 aliphatic rings. The molecule has 3 aromatic rings. The number of hydrogen-bond donors (Lipinski definition) is 5. The number of rotatable bonds is 11. The molecule has 0 saturated carbocycles. The number of hydrogen-bond acceptors (Lipinski definition) is 15. The van der Waals surface area contributed by atoms with E-state index in [0.717, 1.165) is 0 Å². The highest BCUT2D eigenvalue weighted by molar-refractivity contribution is 5.85. The molecule has 0 aliphatic carbocycles. The molecule has 1 fully saturated rings. The number of non-ortho nitro benzene ring substituents is 1. The summed E-state index contributed by atoms with van der Waals surface area (Å²) in [4.78, 5) is 58.7. The van der Waals surface area contributed by atoms with Crippen LogP contribution in [-0.4, -0.2) is 81.9 Å². The van der Waals surface area contributed by atoms with Crippen LogP contribution in [0, 0.1) is 22.5 Å². The number of ether oxygens (including phenoxy) is 6. The molecule has 2 amide bonds. The van der Waals surface area contributed by atoms with Crippen LogP contribution in [0.1, 0.15) is 11.1 Å². The second kappa shape index (κ2) is 17.2. The Morgan fingerprint density at radius 3 is 1.90 bits per heavy atom. The maximum absolute atomic E-state index is 12.4. The van der Waals surface area contributed by atoms with Gasteiger partial charge in [-0.1, -0.05) is 30.2 Å². The first-order valence-electron chi connectivity index (χ1n) is 14.4. The number of carbonyl (C=O) groups is 4. The van der Waals surface area contributed by atoms with E-state index in [1.54, 1.807) is 24.3 Å². The third kappa shape index (κ3) is 10.4. The second-order valence-electron chi connectivity index (χ2n) is 10.2. The van der Waals surface area contributed by atoms with Gasteiger partial charge in [-0.25, -0.2) is 19.2 Å². The van der Waals surface area contributed by atoms with E-state index in [1.165, 1.54) is 48.5 Å². The number of benzene rings is 3. The molecule has 1 aliphatic heterocycles. The summed E-state index contributed by atoms with van der Waals surface area (Å²) in [6.07, 6.45) is -7.19. The summed E-state index contributed by atoms with van der Waals surface area (Å²) in [7, 11) is 0. The van der Waals surface area contributed by atoms with Crippen LogP contribution < -0.4 is 15.4 Å². The molecular formula is C32H29N3O15. The maximum atomic E-state index is 12.4. The van der Waals surface area contributed by atoms with E-state index in [9.17, 15) is 44.6 Å². The zero-order valence-electron chi connectivity index (χ0n) is 25.7. The number of nitro groups is 1. The molecule has 18 heteroatoms. The molecule has 5 atom stereocenters. The van der Waals surface area contributed by atoms with E-state index in [1.807, 2.05) is 5.92 Å². The molecule has 5 unspecified atom stereocenters. The van der Waals surface area contributed by atoms with Crippen molar-refractivity contribution in [2.45, 2.75) is 43.9 Å². The van der Waals surface area contributed by atoms with Gasteiger partial charge < -0.3 is 43.7 Å². The summed E-state index contributed by atoms with van der Waals surface area (Å²) in [6.45, 7) is -0.724. The Bertz CT molecular complexity index is 1710. The average Bonchev–Trinajstić information content (AvgIpc) is 3.10. The highest BCUT2D eigenvalue weighted by Gasteiger charge is 2.49. The summed E-state index contributed by atoms with van der Waals surface area (Å²) in [6, 6.07) is 17.1. The van der Waals surface area contributed by atoms with E-state index in [4.69, 9.17) is 30.1 Å². The fourth-order valence-electron chi connectivity index (χ4n) is 4.16. The number of aliphatic hydroxyl groups excluding tert-OH is 3. The number of nitrogens with zero attached hydrogens (tertiary/aromatic N) is 1. The minimum atomic E-state index is -1.91. The number of nitro benzene ring substituents is 1. The van der Waals surface area contributed by atoms with Gasteiger partial charge in [0.05, 0.1) is 4.92 Å². The molecule has 50 heavy (non-hydrogen) atoms. The lowest BCUT2D eigenvalue weighted by molar-refractivity contribution is -0.384. The SMILES string of the molecule is C#CCOC(=O)C1OC(OC(=O)Nc2ccc(COC(=O)Nc3ccc(COC(=O)Oc4ccc([N+](=O)[O-])cc4)cc3)cc2)C(O)C(O)C1O. The fourth-order valence-corrected chi connectivity index (χ4v) is 4.16. The van der Waals surface area contributed by atoms with Crippen LogP contribution in [0.3, 0.4) is 0 Å². The Morgan fingerprint density at radius 1 is 0.780 bits per heavy atom. The molecule has 4 rings (SSSR count). The molecule has 1 saturated heterocycles. The number of carbonyl (C=O) groups excluding carboxylic acids is 4. The molecule has 0 bridgehead atoms. The van der Waals surface area contributed by atoms with Crippen molar-refractivity contribution in [2.75, 3.05) is 17.2 Å². The third-order valence-electron chi connectivity index (χ3n) is 6.70. The Kier molecular flexibility index (Phi) is 12.6. The van der Waals surface area contributed by atoms with Crippen LogP contribution in [0.4, 0.5) is 31.4 Å². The van der Waals surface area contributed by atoms with E-state index in [2.05, 4.69) is 15.4 Å². The summed E-state index contributed by atoms with van der Waals surface area (Å²) in [5.74, 6) is 0.984. The number of amides is 2. The van der Waals surface area contributed by atoms with Gasteiger partial charge in [0, 0.05) is 23.5 Å². The van der Waals surface area contributed by atoms with E-state index in [0.29, 0.717) is 16.8 Å². The number of aliphatic hydroxyl groups is 3. The maximum Gasteiger partial charge on any atom is 0.514 e. The summed E-state index contributed by atoms with van der Waals surface area (Å²) >= 11 is 0. The van der Waals surface area contributed by atoms with Crippen molar-refractivity contribution in [3.8, 4) is 18.1 Å². The van der Waals surface area contributed by atoms with E-state index in [-0.39, 0.29) is 30.3 Å². The number of terminal acetylenes is 1. The van der Waals surface area contributed by atoms with Gasteiger partial charge in [-0.15, -0.1) is 6.42 Å². The third-order valence-corrected chi connectivity index (χ3v) is 6.70. The van der Waals surface area contributed by atoms with Crippen LogP contribution in [0.15, 0.2) is 72.8 Å². The zero-order valence-corrected chi connectivity index (χ0v) is 25.7. The predicted molar refractivity (Wildman–Crippen MR) is 167 cm³/mol. The minimum absolute atomic E-state index is 0.0710. The van der Waals surface area contributed by atoms with Gasteiger partial charge in [0.1, 0.15) is 37.3 Å². The molecule has 0 spiro atoms. The van der Waals surface area contributed by atoms with Crippen LogP contribution in [-0.2, 0) is 41.7 Å². The molecule has 0 aromatic heterocycles. The van der Waals surface area contributed by atoms with Crippen LogP contribution >= 0.6 is 0 Å². The molecule has 3 aromatic carbocycles. The Labute approximate surface area is 282 Å². The molecule has 1 heterocycles. The standard InChI is InChI=1S/C32H29N3O15/c1-2-15-45-28(39)27-25(37)24(36)26(38)29(49-27)50-31(41)34-21-9-3-18(4-10-21)16-46-30(40)33-20-7-5-19(6-8-20)17-47-32(42)48-23-13-11-22(12-14-23)35(43)44/h1,3-14,24-27,29,36-38H,15-17H2,(H,33,40)(H,34,41). The van der Waals surface area contributed by atoms with Gasteiger partial charge in [-0.05, 0) is 47.5 Å². The van der Waals surface area contributed by atoms with Crippen molar-refractivity contribution in [2.24, 2.45) is 0 Å². The second-order valence-corrected chi connectivity index (χ2v) is 10.2. The Hall–Kier alpha value is -6.26. The lowest BCUT2D eigenvalue weighted by Gasteiger charge is -2.38. The van der Waals surface area contributed by atoms with Gasteiger partial charge in [-0.2, -0.15) is 0 Å². The summed E-state index contributed by atoms with van der Waals surface area (Å²) in [5.41, 5.74) is 1.57. The van der Waals surface area contributed by atoms with Gasteiger partial charge in [0.25, 0.3) is 5.69 Å². The topological polar surface area (TPSA) is 252 Å². The van der Waals surface area contributed by atoms with Gasteiger partial charge in [0.15, 0.2) is 12.7 Å². The largest absolute Gasteiger partial charge is 0.514 e. The van der Waals surface area contributed by atoms with Gasteiger partial charge >= 0.3 is 24.3 Å². The first kappa shape index (κ1) is 36.6. The van der Waals surface area contributed by atoms with E-state index >= 15 is 0 Å².